The zero-order chi connectivity index (χ0) is 11.2. The van der Waals surface area contributed by atoms with Crippen LogP contribution in [0.4, 0.5) is 0 Å². The van der Waals surface area contributed by atoms with Crippen molar-refractivity contribution in [3.8, 4) is 12.1 Å². The first-order chi connectivity index (χ1) is 6.45. The van der Waals surface area contributed by atoms with E-state index in [0.717, 1.165) is 0 Å². The summed E-state index contributed by atoms with van der Waals surface area (Å²) in [5, 5.41) is 23.7. The molecule has 0 amide bonds. The van der Waals surface area contributed by atoms with E-state index in [1.54, 1.807) is 12.1 Å². The summed E-state index contributed by atoms with van der Waals surface area (Å²) < 4.78 is 0. The fourth-order valence-electron chi connectivity index (χ4n) is 0.352. The number of nitrogens with zero attached hydrogens (tertiary/aromatic N) is 4. The highest BCUT2D eigenvalue weighted by Crippen LogP contribution is 2.11. The second-order valence-corrected chi connectivity index (χ2v) is 2.95. The summed E-state index contributed by atoms with van der Waals surface area (Å²) >= 11 is 0. The van der Waals surface area contributed by atoms with Gasteiger partial charge in [0, 0.05) is 0 Å². The third-order valence-corrected chi connectivity index (χ3v) is 1.38. The van der Waals surface area contributed by atoms with E-state index in [-0.39, 0.29) is 0 Å². The first kappa shape index (κ1) is 11.9. The molecular weight excluding hydrogens is 184 g/mol. The predicted molar refractivity (Wildman–Crippen MR) is 45.0 cm³/mol. The number of aldehydes is 2. The van der Waals surface area contributed by atoms with Gasteiger partial charge < -0.3 is 0 Å². The molecule has 0 saturated heterocycles. The Morgan fingerprint density at radius 3 is 1.43 bits per heavy atom. The quantitative estimate of drug-likeness (QED) is 0.474. The van der Waals surface area contributed by atoms with Crippen LogP contribution in [0.2, 0.25) is 0 Å². The molecule has 0 aliphatic heterocycles. The van der Waals surface area contributed by atoms with Gasteiger partial charge in [0.25, 0.3) is 0 Å². The molecule has 0 rings (SSSR count). The number of hydrogen-bond acceptors (Lipinski definition) is 6. The van der Waals surface area contributed by atoms with Crippen LogP contribution in [0.15, 0.2) is 10.2 Å². The van der Waals surface area contributed by atoms with E-state index in [2.05, 4.69) is 10.2 Å². The highest BCUT2D eigenvalue weighted by molar-refractivity contribution is 5.70. The van der Waals surface area contributed by atoms with Crippen molar-refractivity contribution in [3.05, 3.63) is 0 Å². The van der Waals surface area contributed by atoms with Crippen molar-refractivity contribution < 1.29 is 9.59 Å². The SMILES string of the molecule is CC(C#N)(C=O)N=NC(C)(C#N)C=O. The lowest BCUT2D eigenvalue weighted by Crippen LogP contribution is -2.25. The minimum Gasteiger partial charge on any atom is -0.299 e. The third kappa shape index (κ3) is 2.76. The van der Waals surface area contributed by atoms with E-state index < -0.39 is 11.1 Å². The van der Waals surface area contributed by atoms with Crippen LogP contribution in [0.3, 0.4) is 0 Å². The first-order valence-electron chi connectivity index (χ1n) is 3.64. The molecule has 0 aromatic carbocycles. The fourth-order valence-corrected chi connectivity index (χ4v) is 0.352. The summed E-state index contributed by atoms with van der Waals surface area (Å²) in [6.07, 6.45) is 0.582. The summed E-state index contributed by atoms with van der Waals surface area (Å²) in [5.41, 5.74) is -3.28. The van der Waals surface area contributed by atoms with E-state index >= 15 is 0 Å². The monoisotopic (exact) mass is 192 g/mol. The Balaban J connectivity index is 4.94. The van der Waals surface area contributed by atoms with Crippen LogP contribution in [0.25, 0.3) is 0 Å². The van der Waals surface area contributed by atoms with Crippen molar-refractivity contribution in [3.63, 3.8) is 0 Å². The van der Waals surface area contributed by atoms with Crippen molar-refractivity contribution in [1.82, 2.24) is 0 Å². The van der Waals surface area contributed by atoms with Gasteiger partial charge in [0.15, 0.2) is 12.6 Å². The van der Waals surface area contributed by atoms with E-state index in [0.29, 0.717) is 12.6 Å². The Kier molecular flexibility index (Phi) is 3.61. The molecule has 72 valence electrons. The maximum atomic E-state index is 10.4. The lowest BCUT2D eigenvalue weighted by molar-refractivity contribution is -0.111. The zero-order valence-corrected chi connectivity index (χ0v) is 7.76. The molecule has 0 spiro atoms. The second kappa shape index (κ2) is 4.24. The Labute approximate surface area is 80.8 Å². The molecular formula is C8H8N4O2. The summed E-state index contributed by atoms with van der Waals surface area (Å²) in [5.74, 6) is 0. The molecule has 0 saturated carbocycles. The van der Waals surface area contributed by atoms with Crippen molar-refractivity contribution in [2.75, 3.05) is 0 Å². The number of hydrogen-bond donors (Lipinski definition) is 0. The largest absolute Gasteiger partial charge is 0.299 e. The molecule has 0 aromatic heterocycles. The zero-order valence-electron chi connectivity index (χ0n) is 7.76. The van der Waals surface area contributed by atoms with Crippen LogP contribution in [0.1, 0.15) is 13.8 Å². The summed E-state index contributed by atoms with van der Waals surface area (Å²) in [4.78, 5) is 20.8. The number of rotatable bonds is 4. The van der Waals surface area contributed by atoms with Gasteiger partial charge in [-0.1, -0.05) is 0 Å². The van der Waals surface area contributed by atoms with E-state index in [9.17, 15) is 9.59 Å². The number of azo groups is 1. The Morgan fingerprint density at radius 1 is 1.00 bits per heavy atom. The molecule has 6 nitrogen and oxygen atoms in total. The topological polar surface area (TPSA) is 106 Å². The van der Waals surface area contributed by atoms with Gasteiger partial charge in [-0.2, -0.15) is 20.8 Å². The average Bonchev–Trinajstić information content (AvgIpc) is 2.25. The Bertz CT molecular complexity index is 317. The van der Waals surface area contributed by atoms with Crippen LogP contribution >= 0.6 is 0 Å². The summed E-state index contributed by atoms with van der Waals surface area (Å²) in [6.45, 7) is 2.46. The van der Waals surface area contributed by atoms with Crippen LogP contribution in [0.5, 0.6) is 0 Å². The molecule has 0 fully saturated rings. The molecule has 0 N–H and O–H groups in total. The average molecular weight is 192 g/mol. The standard InChI is InChI=1S/C8H8N4O2/c1-7(3-9,5-13)11-12-8(2,4-10)6-14/h5-6H,1-2H3. The van der Waals surface area contributed by atoms with Gasteiger partial charge in [0.1, 0.15) is 12.1 Å². The normalized spacial score (nSPS) is 18.6. The van der Waals surface area contributed by atoms with Crippen molar-refractivity contribution in [2.45, 2.75) is 24.9 Å². The van der Waals surface area contributed by atoms with E-state index in [4.69, 9.17) is 10.5 Å². The van der Waals surface area contributed by atoms with E-state index in [1.165, 1.54) is 13.8 Å². The molecule has 2 unspecified atom stereocenters. The maximum absolute atomic E-state index is 10.4. The van der Waals surface area contributed by atoms with Gasteiger partial charge in [-0.25, -0.2) is 0 Å². The molecule has 0 bridgehead atoms. The van der Waals surface area contributed by atoms with Crippen LogP contribution in [-0.4, -0.2) is 23.7 Å². The molecule has 2 atom stereocenters. The molecule has 0 aromatic rings. The summed E-state index contributed by atoms with van der Waals surface area (Å²) in [7, 11) is 0. The van der Waals surface area contributed by atoms with Crippen molar-refractivity contribution in [2.24, 2.45) is 10.2 Å². The molecule has 6 heteroatoms. The smallest absolute Gasteiger partial charge is 0.219 e. The third-order valence-electron chi connectivity index (χ3n) is 1.38. The molecule has 0 radical (unpaired) electrons. The fraction of sp³-hybridized carbons (Fsp3) is 0.500. The van der Waals surface area contributed by atoms with Gasteiger partial charge in [0.2, 0.25) is 11.1 Å². The number of nitriles is 2. The summed E-state index contributed by atoms with van der Waals surface area (Å²) in [6, 6.07) is 3.19. The highest BCUT2D eigenvalue weighted by Gasteiger charge is 2.27. The van der Waals surface area contributed by atoms with Crippen LogP contribution in [0, 0.1) is 22.7 Å². The molecule has 0 heterocycles. The maximum Gasteiger partial charge on any atom is 0.219 e. The van der Waals surface area contributed by atoms with Gasteiger partial charge in [-0.3, -0.25) is 9.59 Å². The molecule has 0 aliphatic rings. The lowest BCUT2D eigenvalue weighted by Gasteiger charge is -2.09. The number of carbonyl (C=O) groups is 2. The molecule has 14 heavy (non-hydrogen) atoms. The second-order valence-electron chi connectivity index (χ2n) is 2.95. The minimum atomic E-state index is -1.64. The minimum absolute atomic E-state index is 0.291. The van der Waals surface area contributed by atoms with Gasteiger partial charge in [-0.15, -0.1) is 0 Å². The van der Waals surface area contributed by atoms with Gasteiger partial charge in [0.05, 0.1) is 0 Å². The first-order valence-corrected chi connectivity index (χ1v) is 3.64. The van der Waals surface area contributed by atoms with Crippen molar-refractivity contribution in [1.29, 1.82) is 10.5 Å². The molecule has 0 aliphatic carbocycles. The van der Waals surface area contributed by atoms with Gasteiger partial charge in [-0.05, 0) is 13.8 Å². The van der Waals surface area contributed by atoms with Crippen molar-refractivity contribution >= 4 is 12.6 Å². The predicted octanol–water partition coefficient (Wildman–Crippen LogP) is 0.401. The Hall–Kier alpha value is -2.08. The van der Waals surface area contributed by atoms with Crippen LogP contribution < -0.4 is 0 Å². The Morgan fingerprint density at radius 2 is 1.29 bits per heavy atom. The van der Waals surface area contributed by atoms with Crippen LogP contribution in [-0.2, 0) is 9.59 Å². The number of carbonyl (C=O) groups excluding carboxylic acids is 2. The van der Waals surface area contributed by atoms with E-state index in [1.807, 2.05) is 0 Å². The highest BCUT2D eigenvalue weighted by atomic mass is 16.1. The lowest BCUT2D eigenvalue weighted by atomic mass is 10.1. The van der Waals surface area contributed by atoms with Gasteiger partial charge >= 0.3 is 0 Å².